The molecule has 1 saturated heterocycles. The quantitative estimate of drug-likeness (QED) is 0.893. The molecule has 0 aliphatic carbocycles. The Morgan fingerprint density at radius 3 is 2.85 bits per heavy atom. The van der Waals surface area contributed by atoms with Crippen molar-refractivity contribution in [3.63, 3.8) is 0 Å². The van der Waals surface area contributed by atoms with Gasteiger partial charge in [0, 0.05) is 17.5 Å². The summed E-state index contributed by atoms with van der Waals surface area (Å²) in [5, 5.41) is 3.10. The normalized spacial score (nSPS) is 22.0. The van der Waals surface area contributed by atoms with Crippen LogP contribution in [0, 0.1) is 0 Å². The van der Waals surface area contributed by atoms with E-state index in [0.29, 0.717) is 18.2 Å². The third kappa shape index (κ3) is 3.80. The van der Waals surface area contributed by atoms with Gasteiger partial charge in [-0.15, -0.1) is 11.3 Å². The first-order valence-corrected chi connectivity index (χ1v) is 8.50. The summed E-state index contributed by atoms with van der Waals surface area (Å²) in [6.07, 6.45) is 1.69. The Morgan fingerprint density at radius 2 is 2.25 bits per heavy atom. The van der Waals surface area contributed by atoms with Gasteiger partial charge in [0.1, 0.15) is 5.69 Å². The number of nitrogens with zero attached hydrogens (tertiary/aromatic N) is 1. The van der Waals surface area contributed by atoms with Gasteiger partial charge in [-0.3, -0.25) is 4.79 Å². The predicted molar refractivity (Wildman–Crippen MR) is 84.4 cm³/mol. The fourth-order valence-corrected chi connectivity index (χ4v) is 3.96. The number of ether oxygens (including phenoxy) is 1. The molecule has 1 N–H and O–H groups in total. The van der Waals surface area contributed by atoms with Crippen molar-refractivity contribution in [3.05, 3.63) is 14.5 Å². The van der Waals surface area contributed by atoms with E-state index in [1.54, 1.807) is 0 Å². The summed E-state index contributed by atoms with van der Waals surface area (Å²) in [4.78, 5) is 17.8. The first kappa shape index (κ1) is 15.9. The van der Waals surface area contributed by atoms with Gasteiger partial charge in [-0.2, -0.15) is 0 Å². The summed E-state index contributed by atoms with van der Waals surface area (Å²) in [7, 11) is 0. The summed E-state index contributed by atoms with van der Waals surface area (Å²) in [6, 6.07) is 0.159. The van der Waals surface area contributed by atoms with Crippen LogP contribution in [0.15, 0.2) is 3.92 Å². The van der Waals surface area contributed by atoms with Crippen molar-refractivity contribution in [2.24, 2.45) is 0 Å². The van der Waals surface area contributed by atoms with Crippen molar-refractivity contribution in [3.8, 4) is 0 Å². The highest BCUT2D eigenvalue weighted by atomic mass is 79.9. The highest BCUT2D eigenvalue weighted by Gasteiger charge is 2.31. The first-order valence-electron chi connectivity index (χ1n) is 6.89. The van der Waals surface area contributed by atoms with Crippen LogP contribution in [0.2, 0.25) is 0 Å². The number of carbonyl (C=O) groups excluding carboxylic acids is 1. The van der Waals surface area contributed by atoms with Gasteiger partial charge in [0.2, 0.25) is 0 Å². The summed E-state index contributed by atoms with van der Waals surface area (Å²) < 4.78 is 6.44. The Labute approximate surface area is 132 Å². The van der Waals surface area contributed by atoms with Gasteiger partial charge in [0.25, 0.3) is 5.91 Å². The van der Waals surface area contributed by atoms with Gasteiger partial charge < -0.3 is 10.1 Å². The van der Waals surface area contributed by atoms with Gasteiger partial charge in [0.15, 0.2) is 3.92 Å². The molecule has 0 radical (unpaired) electrons. The lowest BCUT2D eigenvalue weighted by Gasteiger charge is -2.35. The van der Waals surface area contributed by atoms with E-state index in [4.69, 9.17) is 4.74 Å². The topological polar surface area (TPSA) is 51.2 Å². The molecule has 0 bridgehead atoms. The maximum atomic E-state index is 12.4. The van der Waals surface area contributed by atoms with Crippen LogP contribution in [0.1, 0.15) is 61.8 Å². The number of rotatable bonds is 3. The zero-order valence-electron chi connectivity index (χ0n) is 12.3. The summed E-state index contributed by atoms with van der Waals surface area (Å²) in [5.74, 6) is 0.226. The SMILES string of the molecule is CC(C)c1sc(Br)nc1C(=O)N[C@H]1CCOC(C)(C)C1. The van der Waals surface area contributed by atoms with Crippen molar-refractivity contribution in [1.82, 2.24) is 10.3 Å². The molecule has 0 saturated carbocycles. The number of thiazole rings is 1. The molecular weight excluding hydrogens is 340 g/mol. The molecule has 0 unspecified atom stereocenters. The minimum absolute atomic E-state index is 0.0710. The number of amides is 1. The number of hydrogen-bond donors (Lipinski definition) is 1. The smallest absolute Gasteiger partial charge is 0.271 e. The monoisotopic (exact) mass is 360 g/mol. The second-order valence-corrected chi connectivity index (χ2v) is 8.41. The van der Waals surface area contributed by atoms with Crippen LogP contribution in [0.5, 0.6) is 0 Å². The second kappa shape index (κ2) is 6.12. The molecule has 0 aromatic carbocycles. The maximum Gasteiger partial charge on any atom is 0.271 e. The molecule has 1 aromatic rings. The van der Waals surface area contributed by atoms with Gasteiger partial charge in [-0.05, 0) is 48.5 Å². The molecule has 20 heavy (non-hydrogen) atoms. The summed E-state index contributed by atoms with van der Waals surface area (Å²) in [5.41, 5.74) is 0.390. The molecule has 1 aliphatic rings. The number of hydrogen-bond acceptors (Lipinski definition) is 4. The van der Waals surface area contributed by atoms with Gasteiger partial charge in [-0.25, -0.2) is 4.98 Å². The van der Waals surface area contributed by atoms with E-state index in [0.717, 1.165) is 21.6 Å². The number of aromatic nitrogens is 1. The Balaban J connectivity index is 2.09. The van der Waals surface area contributed by atoms with E-state index in [2.05, 4.69) is 53.9 Å². The Hall–Kier alpha value is -0.460. The van der Waals surface area contributed by atoms with Crippen LogP contribution >= 0.6 is 27.3 Å². The molecular formula is C14H21BrN2O2S. The van der Waals surface area contributed by atoms with Crippen LogP contribution < -0.4 is 5.32 Å². The summed E-state index contributed by atoms with van der Waals surface area (Å²) in [6.45, 7) is 8.97. The number of carbonyl (C=O) groups is 1. The molecule has 2 heterocycles. The predicted octanol–water partition coefficient (Wildman–Crippen LogP) is 3.72. The fourth-order valence-electron chi connectivity index (χ4n) is 2.47. The zero-order valence-corrected chi connectivity index (χ0v) is 14.7. The lowest BCUT2D eigenvalue weighted by molar-refractivity contribution is -0.0615. The molecule has 112 valence electrons. The van der Waals surface area contributed by atoms with E-state index in [1.165, 1.54) is 11.3 Å². The Morgan fingerprint density at radius 1 is 1.55 bits per heavy atom. The maximum absolute atomic E-state index is 12.4. The van der Waals surface area contributed by atoms with E-state index < -0.39 is 0 Å². The second-order valence-electron chi connectivity index (χ2n) is 6.11. The lowest BCUT2D eigenvalue weighted by atomic mass is 9.94. The molecule has 2 rings (SSSR count). The van der Waals surface area contributed by atoms with Crippen molar-refractivity contribution >= 4 is 33.2 Å². The number of nitrogens with one attached hydrogen (secondary N) is 1. The zero-order chi connectivity index (χ0) is 14.9. The third-order valence-electron chi connectivity index (χ3n) is 3.40. The van der Waals surface area contributed by atoms with Crippen LogP contribution in [-0.2, 0) is 4.74 Å². The molecule has 1 aromatic heterocycles. The molecule has 0 spiro atoms. The highest BCUT2D eigenvalue weighted by molar-refractivity contribution is 9.11. The summed E-state index contributed by atoms with van der Waals surface area (Å²) >= 11 is 4.90. The van der Waals surface area contributed by atoms with Crippen molar-refractivity contribution in [2.75, 3.05) is 6.61 Å². The lowest BCUT2D eigenvalue weighted by Crippen LogP contribution is -2.46. The Bertz CT molecular complexity index is 499. The Kier molecular flexibility index (Phi) is 4.87. The van der Waals surface area contributed by atoms with Gasteiger partial charge in [0.05, 0.1) is 5.60 Å². The van der Waals surface area contributed by atoms with E-state index in [1.807, 2.05) is 0 Å². The molecule has 6 heteroatoms. The largest absolute Gasteiger partial charge is 0.375 e. The fraction of sp³-hybridized carbons (Fsp3) is 0.714. The van der Waals surface area contributed by atoms with Gasteiger partial charge >= 0.3 is 0 Å². The molecule has 1 aliphatic heterocycles. The standard InChI is InChI=1S/C14H21BrN2O2S/c1-8(2)11-10(17-13(15)20-11)12(18)16-9-5-6-19-14(3,4)7-9/h8-9H,5-7H2,1-4H3,(H,16,18)/t9-/m0/s1. The molecule has 1 fully saturated rings. The van der Waals surface area contributed by atoms with E-state index >= 15 is 0 Å². The first-order chi connectivity index (χ1) is 9.28. The van der Waals surface area contributed by atoms with Crippen molar-refractivity contribution < 1.29 is 9.53 Å². The van der Waals surface area contributed by atoms with Crippen molar-refractivity contribution in [1.29, 1.82) is 0 Å². The minimum atomic E-state index is -0.167. The third-order valence-corrected chi connectivity index (χ3v) is 5.21. The van der Waals surface area contributed by atoms with Crippen LogP contribution in [0.25, 0.3) is 0 Å². The van der Waals surface area contributed by atoms with Crippen LogP contribution in [0.3, 0.4) is 0 Å². The highest BCUT2D eigenvalue weighted by Crippen LogP contribution is 2.30. The van der Waals surface area contributed by atoms with Crippen molar-refractivity contribution in [2.45, 2.75) is 58.1 Å². The molecule has 1 amide bonds. The minimum Gasteiger partial charge on any atom is -0.375 e. The molecule has 4 nitrogen and oxygen atoms in total. The van der Waals surface area contributed by atoms with E-state index in [-0.39, 0.29) is 17.6 Å². The average molecular weight is 361 g/mol. The van der Waals surface area contributed by atoms with Crippen LogP contribution in [-0.4, -0.2) is 29.1 Å². The van der Waals surface area contributed by atoms with E-state index in [9.17, 15) is 4.79 Å². The van der Waals surface area contributed by atoms with Crippen LogP contribution in [0.4, 0.5) is 0 Å². The molecule has 1 atom stereocenters. The number of halogens is 1. The van der Waals surface area contributed by atoms with Gasteiger partial charge in [-0.1, -0.05) is 13.8 Å². The average Bonchev–Trinajstić information content (AvgIpc) is 2.70.